The fraction of sp³-hybridized carbons (Fsp3) is 0.312. The summed E-state index contributed by atoms with van der Waals surface area (Å²) < 4.78 is 0.837. The molecular formula is C16H18BrNOS. The highest BCUT2D eigenvalue weighted by molar-refractivity contribution is 9.10. The molecule has 0 saturated carbocycles. The van der Waals surface area contributed by atoms with Crippen LogP contribution in [0.15, 0.2) is 40.2 Å². The van der Waals surface area contributed by atoms with Crippen LogP contribution in [0.4, 0.5) is 0 Å². The summed E-state index contributed by atoms with van der Waals surface area (Å²) in [6, 6.07) is 9.91. The summed E-state index contributed by atoms with van der Waals surface area (Å²) in [4.78, 5) is 13.5. The minimum Gasteiger partial charge on any atom is -0.351 e. The standard InChI is InChI=1S/C16H18BrNOS/c1-11-6-7-12(13(17)9-11)15(19)18-10-16(2,3)14-5-4-8-20-14/h4-9H,10H2,1-3H3,(H,18,19). The molecule has 2 nitrogen and oxygen atoms in total. The largest absolute Gasteiger partial charge is 0.351 e. The van der Waals surface area contributed by atoms with Crippen LogP contribution in [0.3, 0.4) is 0 Å². The molecule has 20 heavy (non-hydrogen) atoms. The van der Waals surface area contributed by atoms with Crippen molar-refractivity contribution in [2.24, 2.45) is 0 Å². The van der Waals surface area contributed by atoms with Crippen LogP contribution in [-0.2, 0) is 5.41 Å². The first-order valence-electron chi connectivity index (χ1n) is 6.48. The number of benzene rings is 1. The highest BCUT2D eigenvalue weighted by Crippen LogP contribution is 2.27. The van der Waals surface area contributed by atoms with Gasteiger partial charge in [-0.05, 0) is 52.0 Å². The molecule has 0 aliphatic rings. The van der Waals surface area contributed by atoms with Gasteiger partial charge in [0.1, 0.15) is 0 Å². The van der Waals surface area contributed by atoms with E-state index in [4.69, 9.17) is 0 Å². The lowest BCUT2D eigenvalue weighted by Crippen LogP contribution is -2.36. The normalized spacial score (nSPS) is 11.4. The zero-order valence-electron chi connectivity index (χ0n) is 11.9. The molecule has 0 spiro atoms. The van der Waals surface area contributed by atoms with Gasteiger partial charge in [-0.15, -0.1) is 11.3 Å². The third-order valence-electron chi connectivity index (χ3n) is 3.25. The molecule has 0 aliphatic heterocycles. The van der Waals surface area contributed by atoms with Gasteiger partial charge < -0.3 is 5.32 Å². The monoisotopic (exact) mass is 351 g/mol. The smallest absolute Gasteiger partial charge is 0.252 e. The van der Waals surface area contributed by atoms with Crippen molar-refractivity contribution >= 4 is 33.2 Å². The average Bonchev–Trinajstić information content (AvgIpc) is 2.90. The molecule has 1 aromatic heterocycles. The van der Waals surface area contributed by atoms with Crippen LogP contribution in [0, 0.1) is 6.92 Å². The van der Waals surface area contributed by atoms with E-state index in [9.17, 15) is 4.79 Å². The van der Waals surface area contributed by atoms with Crippen LogP contribution in [0.1, 0.15) is 34.6 Å². The summed E-state index contributed by atoms with van der Waals surface area (Å²) in [5, 5.41) is 5.09. The van der Waals surface area contributed by atoms with Crippen LogP contribution in [-0.4, -0.2) is 12.5 Å². The number of aryl methyl sites for hydroxylation is 1. The molecule has 106 valence electrons. The van der Waals surface area contributed by atoms with Crippen LogP contribution >= 0.6 is 27.3 Å². The van der Waals surface area contributed by atoms with E-state index in [0.29, 0.717) is 12.1 Å². The number of halogens is 1. The van der Waals surface area contributed by atoms with E-state index < -0.39 is 0 Å². The molecule has 2 rings (SSSR count). The zero-order valence-corrected chi connectivity index (χ0v) is 14.3. The van der Waals surface area contributed by atoms with E-state index in [1.807, 2.05) is 31.2 Å². The number of rotatable bonds is 4. The van der Waals surface area contributed by atoms with Crippen LogP contribution in [0.25, 0.3) is 0 Å². The van der Waals surface area contributed by atoms with Crippen molar-refractivity contribution in [3.8, 4) is 0 Å². The SMILES string of the molecule is Cc1ccc(C(=O)NCC(C)(C)c2cccs2)c(Br)c1. The maximum atomic E-state index is 12.3. The molecule has 2 aromatic rings. The summed E-state index contributed by atoms with van der Waals surface area (Å²) in [5.41, 5.74) is 1.76. The average molecular weight is 352 g/mol. The maximum Gasteiger partial charge on any atom is 0.252 e. The van der Waals surface area contributed by atoms with Crippen LogP contribution in [0.5, 0.6) is 0 Å². The van der Waals surface area contributed by atoms with E-state index in [0.717, 1.165) is 10.0 Å². The number of thiophene rings is 1. The second-order valence-corrected chi connectivity index (χ2v) is 7.33. The molecule has 0 atom stereocenters. The summed E-state index contributed by atoms with van der Waals surface area (Å²) in [5.74, 6) is -0.0403. The lowest BCUT2D eigenvalue weighted by Gasteiger charge is -2.23. The van der Waals surface area contributed by atoms with E-state index in [1.54, 1.807) is 11.3 Å². The molecule has 4 heteroatoms. The summed E-state index contributed by atoms with van der Waals surface area (Å²) in [7, 11) is 0. The Morgan fingerprint density at radius 3 is 2.70 bits per heavy atom. The van der Waals surface area contributed by atoms with E-state index in [2.05, 4.69) is 46.5 Å². The lowest BCUT2D eigenvalue weighted by molar-refractivity contribution is 0.0945. The Kier molecular flexibility index (Phi) is 4.66. The Bertz CT molecular complexity index is 605. The third-order valence-corrected chi connectivity index (χ3v) is 5.14. The Balaban J connectivity index is 2.05. The molecule has 1 heterocycles. The molecule has 0 fully saturated rings. The maximum absolute atomic E-state index is 12.3. The fourth-order valence-corrected chi connectivity index (χ4v) is 3.48. The first kappa shape index (κ1) is 15.3. The van der Waals surface area contributed by atoms with Gasteiger partial charge in [-0.3, -0.25) is 4.79 Å². The summed E-state index contributed by atoms with van der Waals surface area (Å²) >= 11 is 5.17. The number of hydrogen-bond acceptors (Lipinski definition) is 2. The Morgan fingerprint density at radius 1 is 1.35 bits per heavy atom. The van der Waals surface area contributed by atoms with Crippen molar-refractivity contribution < 1.29 is 4.79 Å². The van der Waals surface area contributed by atoms with Crippen molar-refractivity contribution in [2.45, 2.75) is 26.2 Å². The van der Waals surface area contributed by atoms with Gasteiger partial charge in [0.15, 0.2) is 0 Å². The second-order valence-electron chi connectivity index (χ2n) is 5.53. The topological polar surface area (TPSA) is 29.1 Å². The molecule has 0 bridgehead atoms. The Hall–Kier alpha value is -1.13. The highest BCUT2D eigenvalue weighted by Gasteiger charge is 2.23. The van der Waals surface area contributed by atoms with Crippen LogP contribution < -0.4 is 5.32 Å². The van der Waals surface area contributed by atoms with Crippen molar-refractivity contribution in [1.82, 2.24) is 5.32 Å². The fourth-order valence-electron chi connectivity index (χ4n) is 1.95. The Morgan fingerprint density at radius 2 is 2.10 bits per heavy atom. The van der Waals surface area contributed by atoms with Gasteiger partial charge in [-0.2, -0.15) is 0 Å². The van der Waals surface area contributed by atoms with E-state index in [-0.39, 0.29) is 11.3 Å². The number of carbonyl (C=O) groups excluding carboxylic acids is 1. The molecule has 0 unspecified atom stereocenters. The van der Waals surface area contributed by atoms with Gasteiger partial charge in [-0.1, -0.05) is 26.0 Å². The minimum atomic E-state index is -0.0546. The minimum absolute atomic E-state index is 0.0403. The van der Waals surface area contributed by atoms with Gasteiger partial charge in [0, 0.05) is 21.3 Å². The van der Waals surface area contributed by atoms with E-state index >= 15 is 0 Å². The van der Waals surface area contributed by atoms with Crippen molar-refractivity contribution in [3.05, 3.63) is 56.2 Å². The molecule has 0 saturated heterocycles. The van der Waals surface area contributed by atoms with Crippen molar-refractivity contribution in [1.29, 1.82) is 0 Å². The zero-order chi connectivity index (χ0) is 14.8. The Labute approximate surface area is 132 Å². The third kappa shape index (κ3) is 3.49. The second kappa shape index (κ2) is 6.10. The number of nitrogens with one attached hydrogen (secondary N) is 1. The first-order valence-corrected chi connectivity index (χ1v) is 8.16. The quantitative estimate of drug-likeness (QED) is 0.861. The molecule has 1 amide bonds. The summed E-state index contributed by atoms with van der Waals surface area (Å²) in [6.07, 6.45) is 0. The lowest BCUT2D eigenvalue weighted by atomic mass is 9.91. The number of amides is 1. The van der Waals surface area contributed by atoms with Crippen molar-refractivity contribution in [2.75, 3.05) is 6.54 Å². The number of hydrogen-bond donors (Lipinski definition) is 1. The van der Waals surface area contributed by atoms with Gasteiger partial charge in [0.05, 0.1) is 5.56 Å². The van der Waals surface area contributed by atoms with Gasteiger partial charge in [-0.25, -0.2) is 0 Å². The van der Waals surface area contributed by atoms with Crippen LogP contribution in [0.2, 0.25) is 0 Å². The molecular weight excluding hydrogens is 334 g/mol. The van der Waals surface area contributed by atoms with Crippen molar-refractivity contribution in [3.63, 3.8) is 0 Å². The van der Waals surface area contributed by atoms with Gasteiger partial charge in [0.2, 0.25) is 0 Å². The highest BCUT2D eigenvalue weighted by atomic mass is 79.9. The first-order chi connectivity index (χ1) is 9.40. The summed E-state index contributed by atoms with van der Waals surface area (Å²) in [6.45, 7) is 6.91. The predicted octanol–water partition coefficient (Wildman–Crippen LogP) is 4.53. The molecule has 1 aromatic carbocycles. The molecule has 0 radical (unpaired) electrons. The predicted molar refractivity (Wildman–Crippen MR) is 88.6 cm³/mol. The number of carbonyl (C=O) groups is 1. The molecule has 0 aliphatic carbocycles. The van der Waals surface area contributed by atoms with E-state index in [1.165, 1.54) is 4.88 Å². The van der Waals surface area contributed by atoms with Gasteiger partial charge >= 0.3 is 0 Å². The molecule has 1 N–H and O–H groups in total. The van der Waals surface area contributed by atoms with Gasteiger partial charge in [0.25, 0.3) is 5.91 Å².